The first-order chi connectivity index (χ1) is 11.0. The first kappa shape index (κ1) is 17.9. The van der Waals surface area contributed by atoms with Gasteiger partial charge in [-0.1, -0.05) is 0 Å². The highest BCUT2D eigenvalue weighted by Gasteiger charge is 2.28. The van der Waals surface area contributed by atoms with E-state index in [2.05, 4.69) is 0 Å². The summed E-state index contributed by atoms with van der Waals surface area (Å²) < 4.78 is 50.7. The minimum atomic E-state index is -3.92. The second kappa shape index (κ2) is 7.87. The third-order valence-corrected chi connectivity index (χ3v) is 5.83. The van der Waals surface area contributed by atoms with Crippen molar-refractivity contribution < 1.29 is 22.3 Å². The lowest BCUT2D eigenvalue weighted by Crippen LogP contribution is -2.33. The molecule has 23 heavy (non-hydrogen) atoms. The molecule has 0 bridgehead atoms. The Balaban J connectivity index is 2.40. The summed E-state index contributed by atoms with van der Waals surface area (Å²) in [7, 11) is -1.07. The maximum Gasteiger partial charge on any atom is 0.247 e. The van der Waals surface area contributed by atoms with Gasteiger partial charge in [0, 0.05) is 20.2 Å². The van der Waals surface area contributed by atoms with Crippen LogP contribution in [0.3, 0.4) is 0 Å². The highest BCUT2D eigenvalue weighted by atomic mass is 32.2. The predicted octanol–water partition coefficient (Wildman–Crippen LogP) is 2.73. The molecule has 0 amide bonds. The van der Waals surface area contributed by atoms with Gasteiger partial charge in [0.15, 0.2) is 0 Å². The number of halogens is 1. The number of ether oxygens (including phenoxy) is 2. The molecule has 1 heterocycles. The number of nitrogens with zero attached hydrogens (tertiary/aromatic N) is 1. The van der Waals surface area contributed by atoms with Gasteiger partial charge in [0.05, 0.1) is 13.7 Å². The van der Waals surface area contributed by atoms with E-state index in [0.717, 1.165) is 17.7 Å². The highest BCUT2D eigenvalue weighted by Crippen LogP contribution is 2.28. The lowest BCUT2D eigenvalue weighted by atomic mass is 10.3. The van der Waals surface area contributed by atoms with Crippen molar-refractivity contribution in [1.29, 1.82) is 0 Å². The van der Waals surface area contributed by atoms with Crippen LogP contribution in [-0.2, 0) is 21.3 Å². The third-order valence-electron chi connectivity index (χ3n) is 3.23. The van der Waals surface area contributed by atoms with Gasteiger partial charge in [-0.05, 0) is 40.6 Å². The normalized spacial score (nSPS) is 11.8. The van der Waals surface area contributed by atoms with Crippen molar-refractivity contribution in [2.75, 3.05) is 27.4 Å². The molecule has 0 radical (unpaired) electrons. The smallest absolute Gasteiger partial charge is 0.247 e. The van der Waals surface area contributed by atoms with Gasteiger partial charge in [0.1, 0.15) is 16.5 Å². The quantitative estimate of drug-likeness (QED) is 0.727. The van der Waals surface area contributed by atoms with Crippen molar-refractivity contribution in [3.63, 3.8) is 0 Å². The Bertz CT molecular complexity index is 732. The van der Waals surface area contributed by atoms with Gasteiger partial charge in [-0.25, -0.2) is 12.8 Å². The second-order valence-electron chi connectivity index (χ2n) is 4.76. The maximum absolute atomic E-state index is 13.5. The summed E-state index contributed by atoms with van der Waals surface area (Å²) in [6, 6.07) is 5.29. The zero-order valence-corrected chi connectivity index (χ0v) is 14.5. The Hall–Kier alpha value is -1.48. The monoisotopic (exact) mass is 359 g/mol. The minimum Gasteiger partial charge on any atom is -0.495 e. The summed E-state index contributed by atoms with van der Waals surface area (Å²) in [6.07, 6.45) is 0. The lowest BCUT2D eigenvalue weighted by Gasteiger charge is -2.22. The SMILES string of the molecule is COCCN(Cc1ccsc1)S(=O)(=O)c1cc(F)ccc1OC. The van der Waals surface area contributed by atoms with Crippen LogP contribution in [0.2, 0.25) is 0 Å². The van der Waals surface area contributed by atoms with Crippen molar-refractivity contribution in [2.45, 2.75) is 11.4 Å². The molecule has 5 nitrogen and oxygen atoms in total. The van der Waals surface area contributed by atoms with E-state index in [1.54, 1.807) is 0 Å². The molecule has 0 aliphatic heterocycles. The number of methoxy groups -OCH3 is 2. The molecule has 0 saturated heterocycles. The molecule has 126 valence electrons. The topological polar surface area (TPSA) is 55.8 Å². The molecule has 0 unspecified atom stereocenters. The van der Waals surface area contributed by atoms with Gasteiger partial charge in [-0.2, -0.15) is 15.6 Å². The molecule has 2 aromatic rings. The maximum atomic E-state index is 13.5. The van der Waals surface area contributed by atoms with Gasteiger partial charge in [-0.15, -0.1) is 0 Å². The zero-order chi connectivity index (χ0) is 16.9. The van der Waals surface area contributed by atoms with E-state index in [1.807, 2.05) is 16.8 Å². The fraction of sp³-hybridized carbons (Fsp3) is 0.333. The Morgan fingerprint density at radius 2 is 2.04 bits per heavy atom. The summed E-state index contributed by atoms with van der Waals surface area (Å²) >= 11 is 1.48. The Kier molecular flexibility index (Phi) is 6.11. The van der Waals surface area contributed by atoms with Crippen LogP contribution >= 0.6 is 11.3 Å². The molecular formula is C15H18FNO4S2. The first-order valence-electron chi connectivity index (χ1n) is 6.82. The van der Waals surface area contributed by atoms with Crippen LogP contribution in [0, 0.1) is 5.82 Å². The van der Waals surface area contributed by atoms with Crippen LogP contribution in [0.15, 0.2) is 39.9 Å². The molecule has 0 N–H and O–H groups in total. The van der Waals surface area contributed by atoms with Gasteiger partial charge in [0.25, 0.3) is 0 Å². The van der Waals surface area contributed by atoms with Crippen molar-refractivity contribution in [2.24, 2.45) is 0 Å². The molecule has 2 rings (SSSR count). The zero-order valence-electron chi connectivity index (χ0n) is 12.9. The molecule has 0 atom stereocenters. The lowest BCUT2D eigenvalue weighted by molar-refractivity contribution is 0.177. The molecule has 0 fully saturated rings. The van der Waals surface area contributed by atoms with Crippen LogP contribution in [-0.4, -0.2) is 40.1 Å². The van der Waals surface area contributed by atoms with Crippen LogP contribution in [0.25, 0.3) is 0 Å². The Labute approximate surface area is 139 Å². The Morgan fingerprint density at radius 3 is 2.65 bits per heavy atom. The van der Waals surface area contributed by atoms with Gasteiger partial charge in [0.2, 0.25) is 10.0 Å². The molecule has 0 spiro atoms. The standard InChI is InChI=1S/C15H18FNO4S2/c1-20-7-6-17(10-12-5-8-22-11-12)23(18,19)15-9-13(16)3-4-14(15)21-2/h3-5,8-9,11H,6-7,10H2,1-2H3. The molecule has 1 aromatic carbocycles. The van der Waals surface area contributed by atoms with Crippen molar-refractivity contribution in [3.05, 3.63) is 46.4 Å². The van der Waals surface area contributed by atoms with Crippen molar-refractivity contribution in [1.82, 2.24) is 4.31 Å². The fourth-order valence-corrected chi connectivity index (χ4v) is 4.29. The van der Waals surface area contributed by atoms with E-state index in [-0.39, 0.29) is 30.3 Å². The van der Waals surface area contributed by atoms with Crippen molar-refractivity contribution in [3.8, 4) is 5.75 Å². The summed E-state index contributed by atoms with van der Waals surface area (Å²) in [5.41, 5.74) is 0.866. The summed E-state index contributed by atoms with van der Waals surface area (Å²) in [5, 5.41) is 3.75. The molecule has 0 aliphatic carbocycles. The van der Waals surface area contributed by atoms with E-state index in [1.165, 1.54) is 35.9 Å². The van der Waals surface area contributed by atoms with Crippen LogP contribution in [0.1, 0.15) is 5.56 Å². The van der Waals surface area contributed by atoms with Crippen LogP contribution < -0.4 is 4.74 Å². The van der Waals surface area contributed by atoms with Gasteiger partial charge < -0.3 is 9.47 Å². The largest absolute Gasteiger partial charge is 0.495 e. The van der Waals surface area contributed by atoms with E-state index in [9.17, 15) is 12.8 Å². The third kappa shape index (κ3) is 4.29. The van der Waals surface area contributed by atoms with Gasteiger partial charge in [-0.3, -0.25) is 0 Å². The van der Waals surface area contributed by atoms with E-state index >= 15 is 0 Å². The average molecular weight is 359 g/mol. The van der Waals surface area contributed by atoms with E-state index in [4.69, 9.17) is 9.47 Å². The van der Waals surface area contributed by atoms with Crippen molar-refractivity contribution >= 4 is 21.4 Å². The predicted molar refractivity (Wildman–Crippen MR) is 86.7 cm³/mol. The van der Waals surface area contributed by atoms with Crippen LogP contribution in [0.5, 0.6) is 5.75 Å². The number of thiophene rings is 1. The molecule has 8 heteroatoms. The fourth-order valence-electron chi connectivity index (χ4n) is 2.05. The highest BCUT2D eigenvalue weighted by molar-refractivity contribution is 7.89. The summed E-state index contributed by atoms with van der Waals surface area (Å²) in [4.78, 5) is -0.189. The minimum absolute atomic E-state index is 0.110. The number of hydrogen-bond acceptors (Lipinski definition) is 5. The number of rotatable bonds is 8. The summed E-state index contributed by atoms with van der Waals surface area (Å²) in [5.74, 6) is -0.522. The molecule has 0 aliphatic rings. The van der Waals surface area contributed by atoms with Crippen LogP contribution in [0.4, 0.5) is 4.39 Å². The molecule has 0 saturated carbocycles. The number of benzene rings is 1. The second-order valence-corrected chi connectivity index (χ2v) is 7.44. The van der Waals surface area contributed by atoms with E-state index in [0.29, 0.717) is 0 Å². The van der Waals surface area contributed by atoms with Gasteiger partial charge >= 0.3 is 0 Å². The number of sulfonamides is 1. The summed E-state index contributed by atoms with van der Waals surface area (Å²) in [6.45, 7) is 0.588. The average Bonchev–Trinajstić information content (AvgIpc) is 3.04. The van der Waals surface area contributed by atoms with E-state index < -0.39 is 15.8 Å². The molecular weight excluding hydrogens is 341 g/mol. The molecule has 1 aromatic heterocycles. The Morgan fingerprint density at radius 1 is 1.26 bits per heavy atom. The first-order valence-corrected chi connectivity index (χ1v) is 9.21. The number of hydrogen-bond donors (Lipinski definition) is 0.